The monoisotopic (exact) mass is 208 g/mol. The van der Waals surface area contributed by atoms with Gasteiger partial charge in [0.15, 0.2) is 0 Å². The second kappa shape index (κ2) is 3.91. The number of nitrogens with zero attached hydrogens (tertiary/aromatic N) is 1. The summed E-state index contributed by atoms with van der Waals surface area (Å²) >= 11 is 0. The number of hydrogen-bond acceptors (Lipinski definition) is 2. The Morgan fingerprint density at radius 2 is 1.93 bits per heavy atom. The van der Waals surface area contributed by atoms with Crippen LogP contribution in [0.3, 0.4) is 0 Å². The predicted octanol–water partition coefficient (Wildman–Crippen LogP) is 1.75. The number of rotatable bonds is 4. The Hall–Kier alpha value is -0.930. The Morgan fingerprint density at radius 3 is 2.40 bits per heavy atom. The molecule has 1 fully saturated rings. The predicted molar refractivity (Wildman–Crippen MR) is 58.9 cm³/mol. The first-order chi connectivity index (χ1) is 7.16. The summed E-state index contributed by atoms with van der Waals surface area (Å²) in [6.45, 7) is 1.56. The van der Waals surface area contributed by atoms with Crippen LogP contribution in [-0.2, 0) is 6.54 Å². The molecule has 2 rings (SSSR count). The Balaban J connectivity index is 2.00. The molecule has 1 aliphatic carbocycles. The summed E-state index contributed by atoms with van der Waals surface area (Å²) in [6, 6.07) is 6.67. The van der Waals surface area contributed by atoms with Crippen LogP contribution in [0.2, 0.25) is 0 Å². The molecule has 0 aliphatic heterocycles. The minimum absolute atomic E-state index is 0.179. The van der Waals surface area contributed by atoms with E-state index in [0.717, 1.165) is 12.1 Å². The first kappa shape index (κ1) is 10.6. The van der Waals surface area contributed by atoms with Gasteiger partial charge in [-0.1, -0.05) is 12.1 Å². The lowest BCUT2D eigenvalue weighted by molar-refractivity contribution is 0.218. The van der Waals surface area contributed by atoms with E-state index in [9.17, 15) is 4.39 Å². The highest BCUT2D eigenvalue weighted by molar-refractivity contribution is 5.17. The van der Waals surface area contributed by atoms with Crippen LogP contribution in [0.15, 0.2) is 24.3 Å². The van der Waals surface area contributed by atoms with Gasteiger partial charge in [0.2, 0.25) is 0 Å². The molecule has 0 unspecified atom stereocenters. The lowest BCUT2D eigenvalue weighted by atomic mass is 10.1. The number of benzene rings is 1. The first-order valence-electron chi connectivity index (χ1n) is 5.32. The molecule has 0 radical (unpaired) electrons. The second-order valence-electron chi connectivity index (χ2n) is 4.41. The topological polar surface area (TPSA) is 29.3 Å². The van der Waals surface area contributed by atoms with Crippen LogP contribution in [0, 0.1) is 5.82 Å². The highest BCUT2D eigenvalue weighted by atomic mass is 19.1. The highest BCUT2D eigenvalue weighted by Crippen LogP contribution is 2.40. The van der Waals surface area contributed by atoms with Gasteiger partial charge in [0, 0.05) is 18.6 Å². The van der Waals surface area contributed by atoms with Crippen molar-refractivity contribution in [1.29, 1.82) is 0 Å². The van der Waals surface area contributed by atoms with Crippen molar-refractivity contribution in [1.82, 2.24) is 4.90 Å². The normalized spacial score (nSPS) is 18.1. The van der Waals surface area contributed by atoms with E-state index >= 15 is 0 Å². The van der Waals surface area contributed by atoms with Crippen LogP contribution in [0.25, 0.3) is 0 Å². The van der Waals surface area contributed by atoms with Gasteiger partial charge < -0.3 is 5.73 Å². The molecule has 1 aliphatic rings. The molecule has 1 aromatic carbocycles. The molecule has 2 nitrogen and oxygen atoms in total. The summed E-state index contributed by atoms with van der Waals surface area (Å²) in [7, 11) is 2.09. The molecule has 0 saturated heterocycles. The largest absolute Gasteiger partial charge is 0.329 e. The van der Waals surface area contributed by atoms with Crippen molar-refractivity contribution in [2.75, 3.05) is 13.6 Å². The van der Waals surface area contributed by atoms with E-state index in [1.165, 1.54) is 25.0 Å². The SMILES string of the molecule is CN(Cc1ccc(F)cc1)C1(CN)CC1. The van der Waals surface area contributed by atoms with E-state index in [-0.39, 0.29) is 11.4 Å². The molecule has 2 N–H and O–H groups in total. The highest BCUT2D eigenvalue weighted by Gasteiger charge is 2.44. The maximum atomic E-state index is 12.7. The number of nitrogens with two attached hydrogens (primary N) is 1. The average Bonchev–Trinajstić information content (AvgIpc) is 3.02. The van der Waals surface area contributed by atoms with Gasteiger partial charge in [0.05, 0.1) is 0 Å². The van der Waals surface area contributed by atoms with Crippen molar-refractivity contribution >= 4 is 0 Å². The first-order valence-corrected chi connectivity index (χ1v) is 5.32. The van der Waals surface area contributed by atoms with E-state index in [1.807, 2.05) is 12.1 Å². The van der Waals surface area contributed by atoms with Crippen molar-refractivity contribution in [2.45, 2.75) is 24.9 Å². The van der Waals surface area contributed by atoms with Crippen LogP contribution in [-0.4, -0.2) is 24.0 Å². The van der Waals surface area contributed by atoms with Crippen LogP contribution < -0.4 is 5.73 Å². The zero-order chi connectivity index (χ0) is 10.9. The average molecular weight is 208 g/mol. The Bertz CT molecular complexity index is 330. The Kier molecular flexibility index (Phi) is 2.76. The molecule has 0 spiro atoms. The molecule has 0 bridgehead atoms. The van der Waals surface area contributed by atoms with Crippen LogP contribution in [0.5, 0.6) is 0 Å². The van der Waals surface area contributed by atoms with Crippen molar-refractivity contribution in [3.8, 4) is 0 Å². The Labute approximate surface area is 89.9 Å². The van der Waals surface area contributed by atoms with E-state index in [2.05, 4.69) is 11.9 Å². The summed E-state index contributed by atoms with van der Waals surface area (Å²) in [5, 5.41) is 0. The molecular weight excluding hydrogens is 191 g/mol. The molecule has 0 amide bonds. The zero-order valence-corrected chi connectivity index (χ0v) is 9.04. The summed E-state index contributed by atoms with van der Waals surface area (Å²) < 4.78 is 12.7. The molecule has 15 heavy (non-hydrogen) atoms. The summed E-state index contributed by atoms with van der Waals surface area (Å²) in [4.78, 5) is 2.28. The summed E-state index contributed by atoms with van der Waals surface area (Å²) in [5.74, 6) is -0.179. The second-order valence-corrected chi connectivity index (χ2v) is 4.41. The third kappa shape index (κ3) is 2.19. The maximum Gasteiger partial charge on any atom is 0.123 e. The van der Waals surface area contributed by atoms with Gasteiger partial charge in [-0.3, -0.25) is 4.90 Å². The summed E-state index contributed by atoms with van der Waals surface area (Å²) in [6.07, 6.45) is 2.36. The fourth-order valence-electron chi connectivity index (χ4n) is 1.92. The molecule has 3 heteroatoms. The van der Waals surface area contributed by atoms with Crippen molar-refractivity contribution < 1.29 is 4.39 Å². The lowest BCUT2D eigenvalue weighted by Crippen LogP contribution is -2.39. The van der Waals surface area contributed by atoms with Crippen LogP contribution in [0.4, 0.5) is 4.39 Å². The van der Waals surface area contributed by atoms with Crippen LogP contribution in [0.1, 0.15) is 18.4 Å². The number of hydrogen-bond donors (Lipinski definition) is 1. The minimum atomic E-state index is -0.179. The van der Waals surface area contributed by atoms with Gasteiger partial charge in [0.1, 0.15) is 5.82 Å². The molecule has 0 aromatic heterocycles. The molecule has 0 atom stereocenters. The quantitative estimate of drug-likeness (QED) is 0.816. The standard InChI is InChI=1S/C12H17FN2/c1-15(12(9-14)6-7-12)8-10-2-4-11(13)5-3-10/h2-5H,6-9,14H2,1H3. The Morgan fingerprint density at radius 1 is 1.33 bits per heavy atom. The van der Waals surface area contributed by atoms with Gasteiger partial charge in [-0.05, 0) is 37.6 Å². The molecule has 1 saturated carbocycles. The smallest absolute Gasteiger partial charge is 0.123 e. The minimum Gasteiger partial charge on any atom is -0.329 e. The van der Waals surface area contributed by atoms with Gasteiger partial charge in [-0.15, -0.1) is 0 Å². The number of likely N-dealkylation sites (N-methyl/N-ethyl adjacent to an activating group) is 1. The van der Waals surface area contributed by atoms with Crippen molar-refractivity contribution in [3.05, 3.63) is 35.6 Å². The van der Waals surface area contributed by atoms with E-state index in [4.69, 9.17) is 5.73 Å². The van der Waals surface area contributed by atoms with Gasteiger partial charge in [-0.2, -0.15) is 0 Å². The molecule has 0 heterocycles. The van der Waals surface area contributed by atoms with Gasteiger partial charge in [0.25, 0.3) is 0 Å². The summed E-state index contributed by atoms with van der Waals surface area (Å²) in [5.41, 5.74) is 7.10. The third-order valence-electron chi connectivity index (χ3n) is 3.35. The van der Waals surface area contributed by atoms with Crippen molar-refractivity contribution in [2.24, 2.45) is 5.73 Å². The third-order valence-corrected chi connectivity index (χ3v) is 3.35. The van der Waals surface area contributed by atoms with Gasteiger partial charge >= 0.3 is 0 Å². The fraction of sp³-hybridized carbons (Fsp3) is 0.500. The van der Waals surface area contributed by atoms with Crippen LogP contribution >= 0.6 is 0 Å². The molecule has 82 valence electrons. The maximum absolute atomic E-state index is 12.7. The molecular formula is C12H17FN2. The zero-order valence-electron chi connectivity index (χ0n) is 9.04. The van der Waals surface area contributed by atoms with E-state index in [0.29, 0.717) is 6.54 Å². The number of halogens is 1. The van der Waals surface area contributed by atoms with E-state index < -0.39 is 0 Å². The van der Waals surface area contributed by atoms with Crippen molar-refractivity contribution in [3.63, 3.8) is 0 Å². The molecule has 1 aromatic rings. The lowest BCUT2D eigenvalue weighted by Gasteiger charge is -2.26. The van der Waals surface area contributed by atoms with E-state index in [1.54, 1.807) is 0 Å². The van der Waals surface area contributed by atoms with Gasteiger partial charge in [-0.25, -0.2) is 4.39 Å². The fourth-order valence-corrected chi connectivity index (χ4v) is 1.92.